The van der Waals surface area contributed by atoms with Crippen molar-refractivity contribution in [3.8, 4) is 0 Å². The maximum atomic E-state index is 11.1. The third kappa shape index (κ3) is 3.19. The van der Waals surface area contributed by atoms with E-state index in [-0.39, 0.29) is 0 Å². The van der Waals surface area contributed by atoms with Gasteiger partial charge in [-0.2, -0.15) is 4.98 Å². The molecule has 0 spiro atoms. The molecule has 0 amide bonds. The van der Waals surface area contributed by atoms with Crippen molar-refractivity contribution in [2.75, 3.05) is 12.3 Å². The second-order valence-corrected chi connectivity index (χ2v) is 5.14. The highest BCUT2D eigenvalue weighted by Crippen LogP contribution is 2.17. The summed E-state index contributed by atoms with van der Waals surface area (Å²) < 4.78 is 1.50. The molecule has 17 heavy (non-hydrogen) atoms. The lowest BCUT2D eigenvalue weighted by Gasteiger charge is -2.22. The van der Waals surface area contributed by atoms with Crippen LogP contribution in [0.25, 0.3) is 0 Å². The van der Waals surface area contributed by atoms with Gasteiger partial charge in [0.05, 0.1) is 0 Å². The molecule has 1 unspecified atom stereocenters. The van der Waals surface area contributed by atoms with Gasteiger partial charge in [0.1, 0.15) is 0 Å². The number of aromatic nitrogens is 3. The van der Waals surface area contributed by atoms with Gasteiger partial charge >= 0.3 is 11.1 Å². The number of nitrogens with zero attached hydrogens (tertiary/aromatic N) is 2. The minimum Gasteiger partial charge on any atom is -0.313 e. The molecule has 1 aliphatic heterocycles. The SMILES string of the molecule is Cn1[nH]c(=O)c(=O)nc1SCC1CCCCN1. The molecule has 1 fully saturated rings. The second-order valence-electron chi connectivity index (χ2n) is 4.16. The highest BCUT2D eigenvalue weighted by Gasteiger charge is 2.14. The minimum absolute atomic E-state index is 0.470. The lowest BCUT2D eigenvalue weighted by Crippen LogP contribution is -2.37. The molecule has 0 saturated carbocycles. The van der Waals surface area contributed by atoms with E-state index in [0.29, 0.717) is 11.2 Å². The Morgan fingerprint density at radius 3 is 3.00 bits per heavy atom. The van der Waals surface area contributed by atoms with Gasteiger partial charge in [-0.1, -0.05) is 18.2 Å². The first kappa shape index (κ1) is 12.4. The molecule has 0 aromatic carbocycles. The molecule has 6 nitrogen and oxygen atoms in total. The number of H-pyrrole nitrogens is 1. The average molecular weight is 256 g/mol. The molecule has 7 heteroatoms. The number of hydrogen-bond donors (Lipinski definition) is 2. The van der Waals surface area contributed by atoms with E-state index >= 15 is 0 Å². The predicted octanol–water partition coefficient (Wildman–Crippen LogP) is -0.297. The summed E-state index contributed by atoms with van der Waals surface area (Å²) in [6.07, 6.45) is 3.64. The first-order valence-corrected chi connectivity index (χ1v) is 6.69. The topological polar surface area (TPSA) is 79.8 Å². The van der Waals surface area contributed by atoms with Crippen LogP contribution in [0.4, 0.5) is 0 Å². The van der Waals surface area contributed by atoms with Gasteiger partial charge in [-0.25, -0.2) is 0 Å². The van der Waals surface area contributed by atoms with Gasteiger partial charge in [0.25, 0.3) is 0 Å². The molecular weight excluding hydrogens is 240 g/mol. The van der Waals surface area contributed by atoms with Gasteiger partial charge in [0.15, 0.2) is 5.16 Å². The summed E-state index contributed by atoms with van der Waals surface area (Å²) in [5.74, 6) is 0.867. The van der Waals surface area contributed by atoms with Crippen molar-refractivity contribution in [3.05, 3.63) is 20.7 Å². The van der Waals surface area contributed by atoms with E-state index in [4.69, 9.17) is 0 Å². The highest BCUT2D eigenvalue weighted by molar-refractivity contribution is 7.99. The van der Waals surface area contributed by atoms with Crippen LogP contribution in [0.15, 0.2) is 14.7 Å². The van der Waals surface area contributed by atoms with E-state index in [9.17, 15) is 9.59 Å². The first-order chi connectivity index (χ1) is 8.16. The molecule has 0 aliphatic carbocycles. The first-order valence-electron chi connectivity index (χ1n) is 5.70. The highest BCUT2D eigenvalue weighted by atomic mass is 32.2. The summed E-state index contributed by atoms with van der Waals surface area (Å²) in [6, 6.07) is 0.470. The molecule has 1 saturated heterocycles. The van der Waals surface area contributed by atoms with Crippen LogP contribution < -0.4 is 16.4 Å². The fourth-order valence-corrected chi connectivity index (χ4v) is 2.85. The Bertz CT molecular complexity index is 490. The fraction of sp³-hybridized carbons (Fsp3) is 0.700. The molecular formula is C10H16N4O2S. The number of thioether (sulfide) groups is 1. The Morgan fingerprint density at radius 1 is 1.47 bits per heavy atom. The molecule has 1 atom stereocenters. The van der Waals surface area contributed by atoms with Crippen molar-refractivity contribution in [2.24, 2.45) is 7.05 Å². The standard InChI is InChI=1S/C10H16N4O2S/c1-14-10(12-8(15)9(16)13-14)17-6-7-4-2-3-5-11-7/h7,11H,2-6H2,1H3,(H,13,16). The fourth-order valence-electron chi connectivity index (χ4n) is 1.83. The summed E-state index contributed by atoms with van der Waals surface area (Å²) in [5.41, 5.74) is -1.39. The molecule has 2 rings (SSSR count). The van der Waals surface area contributed by atoms with E-state index in [1.54, 1.807) is 7.05 Å². The summed E-state index contributed by atoms with van der Waals surface area (Å²) >= 11 is 1.50. The van der Waals surface area contributed by atoms with E-state index in [0.717, 1.165) is 18.7 Å². The van der Waals surface area contributed by atoms with Crippen LogP contribution in [0.2, 0.25) is 0 Å². The third-order valence-electron chi connectivity index (χ3n) is 2.77. The van der Waals surface area contributed by atoms with Gasteiger partial charge in [0.2, 0.25) is 0 Å². The minimum atomic E-state index is -0.720. The van der Waals surface area contributed by atoms with Crippen molar-refractivity contribution in [3.63, 3.8) is 0 Å². The Morgan fingerprint density at radius 2 is 2.29 bits per heavy atom. The zero-order chi connectivity index (χ0) is 12.3. The zero-order valence-corrected chi connectivity index (χ0v) is 10.5. The Balaban J connectivity index is 2.01. The number of rotatable bonds is 3. The van der Waals surface area contributed by atoms with E-state index in [1.165, 1.54) is 29.3 Å². The largest absolute Gasteiger partial charge is 0.339 e. The van der Waals surface area contributed by atoms with Crippen LogP contribution in [0, 0.1) is 0 Å². The summed E-state index contributed by atoms with van der Waals surface area (Å²) in [5, 5.41) is 6.42. The van der Waals surface area contributed by atoms with E-state index in [1.807, 2.05) is 0 Å². The van der Waals surface area contributed by atoms with Gasteiger partial charge < -0.3 is 5.32 Å². The van der Waals surface area contributed by atoms with Gasteiger partial charge in [0, 0.05) is 18.8 Å². The van der Waals surface area contributed by atoms with Crippen molar-refractivity contribution in [1.82, 2.24) is 20.1 Å². The van der Waals surface area contributed by atoms with Gasteiger partial charge in [-0.3, -0.25) is 19.4 Å². The molecule has 2 heterocycles. The summed E-state index contributed by atoms with van der Waals surface area (Å²) in [7, 11) is 1.68. The van der Waals surface area contributed by atoms with Crippen molar-refractivity contribution >= 4 is 11.8 Å². The predicted molar refractivity (Wildman–Crippen MR) is 66.5 cm³/mol. The van der Waals surface area contributed by atoms with Crippen molar-refractivity contribution < 1.29 is 0 Å². The molecule has 0 bridgehead atoms. The van der Waals surface area contributed by atoms with Crippen LogP contribution in [-0.2, 0) is 7.05 Å². The van der Waals surface area contributed by atoms with Gasteiger partial charge in [-0.15, -0.1) is 0 Å². The molecule has 94 valence electrons. The lowest BCUT2D eigenvalue weighted by molar-refractivity contribution is 0.429. The quantitative estimate of drug-likeness (QED) is 0.573. The number of aromatic amines is 1. The monoisotopic (exact) mass is 256 g/mol. The molecule has 1 aromatic rings. The summed E-state index contributed by atoms with van der Waals surface area (Å²) in [4.78, 5) is 25.9. The van der Waals surface area contributed by atoms with E-state index < -0.39 is 11.1 Å². The molecule has 1 aliphatic rings. The number of hydrogen-bond acceptors (Lipinski definition) is 5. The van der Waals surface area contributed by atoms with Crippen LogP contribution >= 0.6 is 11.8 Å². The Hall–Kier alpha value is -1.08. The lowest BCUT2D eigenvalue weighted by atomic mass is 10.1. The van der Waals surface area contributed by atoms with Gasteiger partial charge in [-0.05, 0) is 19.4 Å². The van der Waals surface area contributed by atoms with Crippen LogP contribution in [-0.4, -0.2) is 33.1 Å². The van der Waals surface area contributed by atoms with Crippen LogP contribution in [0.3, 0.4) is 0 Å². The second kappa shape index (κ2) is 5.50. The maximum absolute atomic E-state index is 11.1. The molecule has 0 radical (unpaired) electrons. The van der Waals surface area contributed by atoms with Crippen molar-refractivity contribution in [1.29, 1.82) is 0 Å². The maximum Gasteiger partial charge on any atom is 0.339 e. The van der Waals surface area contributed by atoms with E-state index in [2.05, 4.69) is 15.4 Å². The average Bonchev–Trinajstić information content (AvgIpc) is 2.33. The smallest absolute Gasteiger partial charge is 0.313 e. The zero-order valence-electron chi connectivity index (χ0n) is 9.73. The molecule has 2 N–H and O–H groups in total. The number of nitrogens with one attached hydrogen (secondary N) is 2. The number of aryl methyl sites for hydroxylation is 1. The molecule has 1 aromatic heterocycles. The van der Waals surface area contributed by atoms with Crippen LogP contribution in [0.5, 0.6) is 0 Å². The normalized spacial score (nSPS) is 20.4. The third-order valence-corrected chi connectivity index (χ3v) is 3.97. The number of piperidine rings is 1. The Labute approximate surface area is 103 Å². The Kier molecular flexibility index (Phi) is 4.01. The van der Waals surface area contributed by atoms with Crippen LogP contribution in [0.1, 0.15) is 19.3 Å². The summed E-state index contributed by atoms with van der Waals surface area (Å²) in [6.45, 7) is 1.06. The van der Waals surface area contributed by atoms with Crippen molar-refractivity contribution in [2.45, 2.75) is 30.5 Å².